The SMILES string of the molecule is NC(=O)c1[nH]cnc1O.O=S(=O)(O)C(F)(F)F. The van der Waals surface area contributed by atoms with Gasteiger partial charge in [0.1, 0.15) is 0 Å². The normalized spacial score (nSPS) is 11.5. The first-order valence-electron chi connectivity index (χ1n) is 3.52. The van der Waals surface area contributed by atoms with Crippen molar-refractivity contribution in [2.45, 2.75) is 5.51 Å². The van der Waals surface area contributed by atoms with E-state index >= 15 is 0 Å². The lowest BCUT2D eigenvalue weighted by Gasteiger charge is -1.97. The second-order valence-corrected chi connectivity index (χ2v) is 3.80. The van der Waals surface area contributed by atoms with Crippen LogP contribution in [0.4, 0.5) is 13.2 Å². The number of carbonyl (C=O) groups is 1. The molecule has 0 aliphatic rings. The maximum absolute atomic E-state index is 10.7. The third kappa shape index (κ3) is 4.69. The molecule has 0 saturated carbocycles. The van der Waals surface area contributed by atoms with Crippen LogP contribution in [0.15, 0.2) is 6.33 Å². The summed E-state index contributed by atoms with van der Waals surface area (Å²) in [5, 5.41) is 8.68. The maximum atomic E-state index is 10.7. The predicted octanol–water partition coefficient (Wildman–Crippen LogP) is -0.392. The number of carbonyl (C=O) groups excluding carboxylic acids is 1. The molecule has 1 aromatic heterocycles. The van der Waals surface area contributed by atoms with E-state index in [2.05, 4.69) is 9.97 Å². The molecule has 5 N–H and O–H groups in total. The number of H-pyrrole nitrogens is 1. The number of alkyl halides is 3. The van der Waals surface area contributed by atoms with Crippen LogP contribution in [0.2, 0.25) is 0 Å². The van der Waals surface area contributed by atoms with E-state index in [0.717, 1.165) is 0 Å². The number of nitrogens with one attached hydrogen (secondary N) is 1. The van der Waals surface area contributed by atoms with E-state index in [1.54, 1.807) is 0 Å². The first-order chi connectivity index (χ1) is 7.47. The molecular weight excluding hydrogens is 271 g/mol. The lowest BCUT2D eigenvalue weighted by atomic mass is 10.4. The Bertz CT molecular complexity index is 493. The van der Waals surface area contributed by atoms with E-state index in [-0.39, 0.29) is 11.6 Å². The van der Waals surface area contributed by atoms with E-state index in [0.29, 0.717) is 0 Å². The second kappa shape index (κ2) is 5.01. The average molecular weight is 277 g/mol. The van der Waals surface area contributed by atoms with Gasteiger partial charge in [0, 0.05) is 0 Å². The van der Waals surface area contributed by atoms with Crippen LogP contribution in [0.5, 0.6) is 5.88 Å². The van der Waals surface area contributed by atoms with Crippen molar-refractivity contribution in [3.63, 3.8) is 0 Å². The summed E-state index contributed by atoms with van der Waals surface area (Å²) in [5.74, 6) is -1.08. The number of rotatable bonds is 1. The Morgan fingerprint density at radius 1 is 1.47 bits per heavy atom. The highest BCUT2D eigenvalue weighted by molar-refractivity contribution is 7.86. The molecule has 0 atom stereocenters. The van der Waals surface area contributed by atoms with Crippen LogP contribution in [0.25, 0.3) is 0 Å². The molecule has 12 heteroatoms. The molecule has 0 spiro atoms. The molecule has 1 heterocycles. The number of primary amides is 1. The van der Waals surface area contributed by atoms with Gasteiger partial charge in [-0.2, -0.15) is 21.6 Å². The number of hydrogen-bond acceptors (Lipinski definition) is 5. The topological polar surface area (TPSA) is 146 Å². The van der Waals surface area contributed by atoms with Crippen molar-refractivity contribution in [3.8, 4) is 5.88 Å². The van der Waals surface area contributed by atoms with Crippen molar-refractivity contribution in [2.75, 3.05) is 0 Å². The van der Waals surface area contributed by atoms with Gasteiger partial charge < -0.3 is 15.8 Å². The monoisotopic (exact) mass is 277 g/mol. The lowest BCUT2D eigenvalue weighted by Crippen LogP contribution is -2.21. The molecule has 0 aliphatic carbocycles. The minimum absolute atomic E-state index is 0.0602. The summed E-state index contributed by atoms with van der Waals surface area (Å²) in [6.07, 6.45) is 1.19. The molecule has 0 bridgehead atoms. The van der Waals surface area contributed by atoms with Gasteiger partial charge >= 0.3 is 15.6 Å². The number of aromatic hydroxyl groups is 1. The summed E-state index contributed by atoms with van der Waals surface area (Å²) in [4.78, 5) is 16.0. The van der Waals surface area contributed by atoms with Gasteiger partial charge in [-0.15, -0.1) is 0 Å². The number of hydrogen-bond donors (Lipinski definition) is 4. The number of aromatic nitrogens is 2. The molecule has 17 heavy (non-hydrogen) atoms. The number of nitrogens with zero attached hydrogens (tertiary/aromatic N) is 1. The van der Waals surface area contributed by atoms with Crippen molar-refractivity contribution in [1.82, 2.24) is 9.97 Å². The lowest BCUT2D eigenvalue weighted by molar-refractivity contribution is -0.0510. The molecule has 98 valence electrons. The molecule has 1 aromatic rings. The van der Waals surface area contributed by atoms with Gasteiger partial charge in [-0.05, 0) is 0 Å². The summed E-state index contributed by atoms with van der Waals surface area (Å²) in [6, 6.07) is 0. The van der Waals surface area contributed by atoms with E-state index in [1.165, 1.54) is 6.33 Å². The van der Waals surface area contributed by atoms with Crippen LogP contribution in [-0.4, -0.2) is 39.5 Å². The number of amides is 1. The summed E-state index contributed by atoms with van der Waals surface area (Å²) in [6.45, 7) is 0. The number of aromatic amines is 1. The highest BCUT2D eigenvalue weighted by Gasteiger charge is 2.44. The standard InChI is InChI=1S/C4H5N3O2.CHF3O3S/c5-3(8)2-4(9)7-1-6-2;2-1(3,4)8(5,6)7/h1,9H,(H2,5,8)(H,6,7);(H,5,6,7). The van der Waals surface area contributed by atoms with Crippen molar-refractivity contribution < 1.29 is 36.0 Å². The molecule has 0 aliphatic heterocycles. The zero-order valence-electron chi connectivity index (χ0n) is 7.76. The first kappa shape index (κ1) is 15.2. The van der Waals surface area contributed by atoms with E-state index in [9.17, 15) is 18.0 Å². The number of halogens is 3. The van der Waals surface area contributed by atoms with Crippen LogP contribution in [0.3, 0.4) is 0 Å². The Morgan fingerprint density at radius 2 is 1.88 bits per heavy atom. The highest BCUT2D eigenvalue weighted by atomic mass is 32.2. The van der Waals surface area contributed by atoms with Gasteiger partial charge in [0.15, 0.2) is 5.69 Å². The van der Waals surface area contributed by atoms with Gasteiger partial charge in [-0.25, -0.2) is 4.98 Å². The molecule has 0 radical (unpaired) electrons. The Morgan fingerprint density at radius 3 is 2.00 bits per heavy atom. The minimum Gasteiger partial charge on any atom is -0.492 e. The summed E-state index contributed by atoms with van der Waals surface area (Å²) < 4.78 is 57.5. The van der Waals surface area contributed by atoms with Crippen molar-refractivity contribution in [1.29, 1.82) is 0 Å². The fourth-order valence-corrected chi connectivity index (χ4v) is 0.468. The van der Waals surface area contributed by atoms with E-state index in [4.69, 9.17) is 23.8 Å². The maximum Gasteiger partial charge on any atom is 0.522 e. The van der Waals surface area contributed by atoms with Gasteiger partial charge in [-0.3, -0.25) is 9.35 Å². The van der Waals surface area contributed by atoms with Crippen LogP contribution in [0.1, 0.15) is 10.5 Å². The Balaban J connectivity index is 0.000000304. The number of nitrogens with two attached hydrogens (primary N) is 1. The molecule has 8 nitrogen and oxygen atoms in total. The van der Waals surface area contributed by atoms with Crippen molar-refractivity contribution in [3.05, 3.63) is 12.0 Å². The fourth-order valence-electron chi connectivity index (χ4n) is 0.468. The highest BCUT2D eigenvalue weighted by Crippen LogP contribution is 2.20. The minimum atomic E-state index is -5.84. The van der Waals surface area contributed by atoms with Gasteiger partial charge in [0.05, 0.1) is 6.33 Å². The third-order valence-electron chi connectivity index (χ3n) is 1.16. The first-order valence-corrected chi connectivity index (χ1v) is 4.96. The quantitative estimate of drug-likeness (QED) is 0.406. The zero-order chi connectivity index (χ0) is 13.9. The predicted molar refractivity (Wildman–Crippen MR) is 46.4 cm³/mol. The molecule has 0 fully saturated rings. The molecule has 0 aromatic carbocycles. The van der Waals surface area contributed by atoms with Crippen LogP contribution < -0.4 is 5.73 Å². The zero-order valence-corrected chi connectivity index (χ0v) is 8.58. The van der Waals surface area contributed by atoms with Crippen molar-refractivity contribution >= 4 is 16.0 Å². The van der Waals surface area contributed by atoms with E-state index in [1.807, 2.05) is 0 Å². The molecule has 0 unspecified atom stereocenters. The van der Waals surface area contributed by atoms with Gasteiger partial charge in [-0.1, -0.05) is 0 Å². The summed E-state index contributed by atoms with van der Waals surface area (Å²) in [5.41, 5.74) is -0.806. The van der Waals surface area contributed by atoms with Gasteiger partial charge in [0.25, 0.3) is 5.91 Å². The molecular formula is C5H6F3N3O5S. The Kier molecular flexibility index (Phi) is 4.47. The van der Waals surface area contributed by atoms with Crippen molar-refractivity contribution in [2.24, 2.45) is 5.73 Å². The molecule has 0 saturated heterocycles. The summed E-state index contributed by atoms with van der Waals surface area (Å²) in [7, 11) is -5.84. The Hall–Kier alpha value is -1.82. The Labute approximate surface area is 92.0 Å². The second-order valence-electron chi connectivity index (χ2n) is 2.39. The van der Waals surface area contributed by atoms with Gasteiger partial charge in [0.2, 0.25) is 5.88 Å². The van der Waals surface area contributed by atoms with Crippen LogP contribution in [0, 0.1) is 0 Å². The molecule has 1 amide bonds. The smallest absolute Gasteiger partial charge is 0.492 e. The summed E-state index contributed by atoms with van der Waals surface area (Å²) >= 11 is 0. The number of imidazole rings is 1. The third-order valence-corrected chi connectivity index (χ3v) is 1.74. The average Bonchev–Trinajstić information content (AvgIpc) is 2.48. The molecule has 1 rings (SSSR count). The van der Waals surface area contributed by atoms with Crippen LogP contribution >= 0.6 is 0 Å². The van der Waals surface area contributed by atoms with Crippen LogP contribution in [-0.2, 0) is 10.1 Å². The largest absolute Gasteiger partial charge is 0.522 e. The fraction of sp³-hybridized carbons (Fsp3) is 0.200. The van der Waals surface area contributed by atoms with E-state index < -0.39 is 21.5 Å².